The fourth-order valence-electron chi connectivity index (χ4n) is 0.734. The first kappa shape index (κ1) is 10.1. The fraction of sp³-hybridized carbons (Fsp3) is 0.333. The van der Waals surface area contributed by atoms with Crippen LogP contribution in [-0.4, -0.2) is 6.43 Å². The lowest BCUT2D eigenvalue weighted by molar-refractivity contribution is 0.192. The molecule has 62 valence electrons. The number of hydrogen-bond acceptors (Lipinski definition) is 0. The highest BCUT2D eigenvalue weighted by Crippen LogP contribution is 2.18. The van der Waals surface area contributed by atoms with Gasteiger partial charge in [0.1, 0.15) is 0 Å². The molecule has 0 aromatic carbocycles. The highest BCUT2D eigenvalue weighted by molar-refractivity contribution is 5.32. The standard InChI is InChI=1S/C9H12F2/c1-4-6-8(5-2)7(3)9(10)11/h4,6,9H,1,3,5H2,2H3/b8-6-. The highest BCUT2D eigenvalue weighted by atomic mass is 19.3. The number of allylic oxidation sites excluding steroid dienone is 4. The Balaban J connectivity index is 4.38. The van der Waals surface area contributed by atoms with E-state index in [9.17, 15) is 8.78 Å². The molecule has 0 saturated carbocycles. The maximum atomic E-state index is 12.0. The van der Waals surface area contributed by atoms with E-state index < -0.39 is 6.43 Å². The molecule has 0 aliphatic rings. The Kier molecular flexibility index (Phi) is 4.42. The third kappa shape index (κ3) is 3.12. The van der Waals surface area contributed by atoms with Crippen LogP contribution in [-0.2, 0) is 0 Å². The topological polar surface area (TPSA) is 0 Å². The maximum absolute atomic E-state index is 12.0. The van der Waals surface area contributed by atoms with Crippen LogP contribution in [0, 0.1) is 0 Å². The van der Waals surface area contributed by atoms with Crippen LogP contribution in [0.5, 0.6) is 0 Å². The van der Waals surface area contributed by atoms with Gasteiger partial charge >= 0.3 is 0 Å². The normalized spacial score (nSPS) is 11.8. The summed E-state index contributed by atoms with van der Waals surface area (Å²) in [6.07, 6.45) is 1.16. The van der Waals surface area contributed by atoms with E-state index in [1.165, 1.54) is 6.08 Å². The van der Waals surface area contributed by atoms with Crippen molar-refractivity contribution in [3.63, 3.8) is 0 Å². The molecular formula is C9H12F2. The molecule has 0 heterocycles. The van der Waals surface area contributed by atoms with Crippen LogP contribution >= 0.6 is 0 Å². The van der Waals surface area contributed by atoms with Gasteiger partial charge in [-0.15, -0.1) is 0 Å². The smallest absolute Gasteiger partial charge is 0.205 e. The number of alkyl halides is 2. The summed E-state index contributed by atoms with van der Waals surface area (Å²) >= 11 is 0. The van der Waals surface area contributed by atoms with Crippen LogP contribution in [0.3, 0.4) is 0 Å². The van der Waals surface area contributed by atoms with Crippen molar-refractivity contribution in [2.75, 3.05) is 0 Å². The fourth-order valence-corrected chi connectivity index (χ4v) is 0.734. The summed E-state index contributed by atoms with van der Waals surface area (Å²) in [6, 6.07) is 0. The first-order valence-corrected chi connectivity index (χ1v) is 3.42. The van der Waals surface area contributed by atoms with Crippen molar-refractivity contribution in [2.24, 2.45) is 0 Å². The van der Waals surface area contributed by atoms with E-state index in [0.29, 0.717) is 12.0 Å². The van der Waals surface area contributed by atoms with E-state index in [1.807, 2.05) is 6.92 Å². The molecule has 0 spiro atoms. The monoisotopic (exact) mass is 158 g/mol. The molecule has 0 fully saturated rings. The minimum atomic E-state index is -2.46. The van der Waals surface area contributed by atoms with Crippen molar-refractivity contribution < 1.29 is 8.78 Å². The second kappa shape index (κ2) is 4.83. The van der Waals surface area contributed by atoms with Crippen LogP contribution < -0.4 is 0 Å². The van der Waals surface area contributed by atoms with Gasteiger partial charge in [-0.2, -0.15) is 0 Å². The Morgan fingerprint density at radius 3 is 2.36 bits per heavy atom. The van der Waals surface area contributed by atoms with Gasteiger partial charge in [0.25, 0.3) is 6.43 Å². The quantitative estimate of drug-likeness (QED) is 0.550. The van der Waals surface area contributed by atoms with Gasteiger partial charge in [-0.25, -0.2) is 8.78 Å². The summed E-state index contributed by atoms with van der Waals surface area (Å²) in [5, 5.41) is 0. The van der Waals surface area contributed by atoms with Crippen molar-refractivity contribution in [3.8, 4) is 0 Å². The van der Waals surface area contributed by atoms with Crippen LogP contribution in [0.2, 0.25) is 0 Å². The lowest BCUT2D eigenvalue weighted by Gasteiger charge is -2.05. The van der Waals surface area contributed by atoms with E-state index in [-0.39, 0.29) is 5.57 Å². The first-order valence-electron chi connectivity index (χ1n) is 3.42. The van der Waals surface area contributed by atoms with Crippen LogP contribution in [0.15, 0.2) is 36.5 Å². The zero-order valence-electron chi connectivity index (χ0n) is 6.61. The van der Waals surface area contributed by atoms with Crippen molar-refractivity contribution in [1.29, 1.82) is 0 Å². The lowest BCUT2D eigenvalue weighted by atomic mass is 10.1. The summed E-state index contributed by atoms with van der Waals surface area (Å²) < 4.78 is 24.0. The van der Waals surface area contributed by atoms with E-state index in [2.05, 4.69) is 13.2 Å². The second-order valence-corrected chi connectivity index (χ2v) is 2.11. The molecule has 0 radical (unpaired) electrons. The van der Waals surface area contributed by atoms with Crippen molar-refractivity contribution in [1.82, 2.24) is 0 Å². The lowest BCUT2D eigenvalue weighted by Crippen LogP contribution is -1.97. The molecule has 11 heavy (non-hydrogen) atoms. The summed E-state index contributed by atoms with van der Waals surface area (Å²) in [5.74, 6) is 0. The van der Waals surface area contributed by atoms with E-state index >= 15 is 0 Å². The van der Waals surface area contributed by atoms with Crippen LogP contribution in [0.1, 0.15) is 13.3 Å². The Morgan fingerprint density at radius 2 is 2.09 bits per heavy atom. The molecule has 0 aliphatic carbocycles. The van der Waals surface area contributed by atoms with Gasteiger partial charge in [0.2, 0.25) is 0 Å². The van der Waals surface area contributed by atoms with Gasteiger partial charge in [0.15, 0.2) is 0 Å². The predicted octanol–water partition coefficient (Wildman–Crippen LogP) is 3.33. The molecule has 0 aliphatic heterocycles. The van der Waals surface area contributed by atoms with E-state index in [4.69, 9.17) is 0 Å². The molecule has 0 atom stereocenters. The Hall–Kier alpha value is -0.920. The summed E-state index contributed by atoms with van der Waals surface area (Å²) in [4.78, 5) is 0. The maximum Gasteiger partial charge on any atom is 0.263 e. The van der Waals surface area contributed by atoms with Crippen LogP contribution in [0.4, 0.5) is 8.78 Å². The number of hydrogen-bond donors (Lipinski definition) is 0. The molecule has 2 heteroatoms. The number of rotatable bonds is 4. The van der Waals surface area contributed by atoms with Gasteiger partial charge in [0, 0.05) is 5.57 Å². The number of halogens is 2. The largest absolute Gasteiger partial charge is 0.263 e. The SMILES string of the molecule is C=C/C=C(/CC)C(=C)C(F)F. The summed E-state index contributed by atoms with van der Waals surface area (Å²) in [7, 11) is 0. The molecule has 0 nitrogen and oxygen atoms in total. The van der Waals surface area contributed by atoms with Crippen LogP contribution in [0.25, 0.3) is 0 Å². The Morgan fingerprint density at radius 1 is 1.55 bits per heavy atom. The first-order chi connectivity index (χ1) is 5.13. The molecule has 0 rings (SSSR count). The molecule has 0 aromatic rings. The van der Waals surface area contributed by atoms with E-state index in [1.54, 1.807) is 6.08 Å². The van der Waals surface area contributed by atoms with Crippen molar-refractivity contribution in [2.45, 2.75) is 19.8 Å². The minimum Gasteiger partial charge on any atom is -0.205 e. The average Bonchev–Trinajstić information content (AvgIpc) is 1.98. The third-order valence-corrected chi connectivity index (χ3v) is 1.38. The molecule has 0 amide bonds. The minimum absolute atomic E-state index is 0.104. The molecule has 0 N–H and O–H groups in total. The van der Waals surface area contributed by atoms with Gasteiger partial charge in [-0.1, -0.05) is 32.2 Å². The zero-order chi connectivity index (χ0) is 8.85. The molecular weight excluding hydrogens is 146 g/mol. The Bertz CT molecular complexity index is 178. The van der Waals surface area contributed by atoms with Gasteiger partial charge < -0.3 is 0 Å². The summed E-state index contributed by atoms with van der Waals surface area (Å²) in [6.45, 7) is 8.51. The summed E-state index contributed by atoms with van der Waals surface area (Å²) in [5.41, 5.74) is 0.461. The van der Waals surface area contributed by atoms with E-state index in [0.717, 1.165) is 0 Å². The van der Waals surface area contributed by atoms with Gasteiger partial charge in [-0.3, -0.25) is 0 Å². The third-order valence-electron chi connectivity index (χ3n) is 1.38. The van der Waals surface area contributed by atoms with Gasteiger partial charge in [-0.05, 0) is 12.0 Å². The van der Waals surface area contributed by atoms with Gasteiger partial charge in [0.05, 0.1) is 0 Å². The molecule has 0 bridgehead atoms. The van der Waals surface area contributed by atoms with Crippen molar-refractivity contribution in [3.05, 3.63) is 36.5 Å². The molecule has 0 unspecified atom stereocenters. The zero-order valence-corrected chi connectivity index (χ0v) is 6.61. The molecule has 0 saturated heterocycles. The Labute approximate surface area is 65.9 Å². The predicted molar refractivity (Wildman–Crippen MR) is 43.7 cm³/mol. The highest BCUT2D eigenvalue weighted by Gasteiger charge is 2.10. The van der Waals surface area contributed by atoms with Crippen molar-refractivity contribution >= 4 is 0 Å². The second-order valence-electron chi connectivity index (χ2n) is 2.11. The molecule has 0 aromatic heterocycles. The average molecular weight is 158 g/mol.